The van der Waals surface area contributed by atoms with Gasteiger partial charge in [-0.05, 0) is 53.6 Å². The van der Waals surface area contributed by atoms with Crippen LogP contribution in [0.2, 0.25) is 0 Å². The number of ketones is 1. The Bertz CT molecular complexity index is 1470. The first-order valence-electron chi connectivity index (χ1n) is 11.7. The number of hydrogen-bond donors (Lipinski definition) is 0. The third-order valence-electron chi connectivity index (χ3n) is 6.61. The average molecular weight is 484 g/mol. The number of esters is 1. The van der Waals surface area contributed by atoms with Crippen LogP contribution in [0, 0.1) is 0 Å². The monoisotopic (exact) mass is 484 g/mol. The number of carbonyl (C=O) groups is 2. The van der Waals surface area contributed by atoms with Crippen LogP contribution < -0.4 is 28.4 Å². The second kappa shape index (κ2) is 8.05. The van der Waals surface area contributed by atoms with Crippen LogP contribution in [0.3, 0.4) is 0 Å². The predicted molar refractivity (Wildman–Crippen MR) is 126 cm³/mol. The third-order valence-corrected chi connectivity index (χ3v) is 6.61. The van der Waals surface area contributed by atoms with Gasteiger partial charge >= 0.3 is 5.97 Å². The molecule has 4 heterocycles. The average Bonchev–Trinajstić information content (AvgIpc) is 3.22. The van der Waals surface area contributed by atoms with Crippen molar-refractivity contribution in [2.24, 2.45) is 0 Å². The number of fused-ring (bicyclic) bond motifs is 5. The van der Waals surface area contributed by atoms with E-state index in [1.807, 2.05) is 36.4 Å². The van der Waals surface area contributed by atoms with E-state index in [4.69, 9.17) is 28.4 Å². The van der Waals surface area contributed by atoms with Crippen LogP contribution in [-0.2, 0) is 4.79 Å². The molecule has 1 atom stereocenters. The molecule has 0 saturated heterocycles. The molecule has 8 nitrogen and oxygen atoms in total. The van der Waals surface area contributed by atoms with Gasteiger partial charge in [-0.3, -0.25) is 9.59 Å². The highest BCUT2D eigenvalue weighted by Gasteiger charge is 2.39. The van der Waals surface area contributed by atoms with Crippen LogP contribution in [0.25, 0.3) is 6.08 Å². The van der Waals surface area contributed by atoms with Gasteiger partial charge in [0.1, 0.15) is 37.9 Å². The zero-order chi connectivity index (χ0) is 24.2. The topological polar surface area (TPSA) is 89.5 Å². The summed E-state index contributed by atoms with van der Waals surface area (Å²) in [6, 6.07) is 14.4. The molecule has 3 aromatic carbocycles. The molecule has 3 aromatic rings. The fourth-order valence-corrected chi connectivity index (χ4v) is 4.97. The van der Waals surface area contributed by atoms with E-state index in [2.05, 4.69) is 0 Å². The molecule has 1 unspecified atom stereocenters. The van der Waals surface area contributed by atoms with E-state index in [0.29, 0.717) is 72.1 Å². The molecule has 0 amide bonds. The summed E-state index contributed by atoms with van der Waals surface area (Å²) in [6.45, 7) is 1.93. The summed E-state index contributed by atoms with van der Waals surface area (Å²) in [5.41, 5.74) is 2.70. The van der Waals surface area contributed by atoms with E-state index in [9.17, 15) is 9.59 Å². The van der Waals surface area contributed by atoms with Gasteiger partial charge in [0, 0.05) is 11.5 Å². The van der Waals surface area contributed by atoms with Crippen molar-refractivity contribution in [1.82, 2.24) is 0 Å². The molecule has 8 heteroatoms. The lowest BCUT2D eigenvalue weighted by Crippen LogP contribution is -2.22. The fraction of sp³-hybridized carbons (Fsp3) is 0.214. The lowest BCUT2D eigenvalue weighted by Gasteiger charge is -2.27. The molecular formula is C28H20O8. The van der Waals surface area contributed by atoms with Gasteiger partial charge in [-0.15, -0.1) is 0 Å². The Morgan fingerprint density at radius 2 is 1.36 bits per heavy atom. The largest absolute Gasteiger partial charge is 0.486 e. The lowest BCUT2D eigenvalue weighted by molar-refractivity contribution is -0.135. The van der Waals surface area contributed by atoms with Crippen molar-refractivity contribution in [3.8, 4) is 34.5 Å². The molecule has 180 valence electrons. The molecule has 0 radical (unpaired) electrons. The molecule has 0 aromatic heterocycles. The molecule has 36 heavy (non-hydrogen) atoms. The number of allylic oxidation sites excluding steroid dienone is 1. The first-order valence-corrected chi connectivity index (χ1v) is 11.7. The highest BCUT2D eigenvalue weighted by atomic mass is 16.6. The molecule has 4 aliphatic heterocycles. The minimum absolute atomic E-state index is 0.113. The minimum atomic E-state index is -0.367. The van der Waals surface area contributed by atoms with E-state index in [0.717, 1.165) is 11.1 Å². The first-order chi connectivity index (χ1) is 17.6. The normalized spacial score (nSPS) is 20.3. The minimum Gasteiger partial charge on any atom is -0.486 e. The Morgan fingerprint density at radius 1 is 0.694 bits per heavy atom. The maximum atomic E-state index is 13.3. The maximum absolute atomic E-state index is 13.3. The summed E-state index contributed by atoms with van der Waals surface area (Å²) in [6.07, 6.45) is 1.79. The number of carbonyl (C=O) groups excluding carboxylic acids is 2. The Labute approximate surface area is 205 Å². The van der Waals surface area contributed by atoms with Gasteiger partial charge in [0.05, 0.1) is 12.0 Å². The summed E-state index contributed by atoms with van der Waals surface area (Å²) in [4.78, 5) is 25.7. The van der Waals surface area contributed by atoms with Crippen LogP contribution in [0.1, 0.15) is 39.4 Å². The molecule has 0 aliphatic carbocycles. The predicted octanol–water partition coefficient (Wildman–Crippen LogP) is 4.29. The number of Topliss-reactive ketones (excluding diaryl/α,β-unsaturated/α-hetero) is 1. The van der Waals surface area contributed by atoms with Crippen LogP contribution >= 0.6 is 0 Å². The lowest BCUT2D eigenvalue weighted by atomic mass is 9.84. The summed E-state index contributed by atoms with van der Waals surface area (Å²) < 4.78 is 34.3. The zero-order valence-electron chi connectivity index (χ0n) is 19.1. The van der Waals surface area contributed by atoms with E-state index >= 15 is 0 Å². The smallest absolute Gasteiger partial charge is 0.312 e. The Hall–Kier alpha value is -4.46. The maximum Gasteiger partial charge on any atom is 0.312 e. The van der Waals surface area contributed by atoms with Gasteiger partial charge in [-0.1, -0.05) is 12.1 Å². The van der Waals surface area contributed by atoms with Crippen molar-refractivity contribution >= 4 is 17.8 Å². The molecular weight excluding hydrogens is 464 g/mol. The van der Waals surface area contributed by atoms with Crippen molar-refractivity contribution < 1.29 is 38.0 Å². The zero-order valence-corrected chi connectivity index (χ0v) is 19.1. The second-order valence-corrected chi connectivity index (χ2v) is 8.83. The third kappa shape index (κ3) is 3.37. The summed E-state index contributed by atoms with van der Waals surface area (Å²) in [5, 5.41) is 0. The van der Waals surface area contributed by atoms with Gasteiger partial charge in [-0.2, -0.15) is 0 Å². The SMILES string of the molecule is O=C1CC(c2ccc3c(c2)OCCO3)c2c(ccc3c2O/C(=C\c2ccc4c(c2)OCCO4)C3=O)O1. The number of ether oxygens (including phenoxy) is 6. The quantitative estimate of drug-likeness (QED) is 0.303. The van der Waals surface area contributed by atoms with Crippen LogP contribution in [0.4, 0.5) is 0 Å². The standard InChI is InChI=1S/C28H20O8/c29-25-14-18(16-2-5-20-23(13-16)34-10-8-32-20)26-21(35-25)6-3-17-27(30)24(36-28(17)26)12-15-1-4-19-22(11-15)33-9-7-31-19/h1-6,11-13,18H,7-10,14H2/b24-12-. The summed E-state index contributed by atoms with van der Waals surface area (Å²) in [5.74, 6) is 2.62. The van der Waals surface area contributed by atoms with Crippen molar-refractivity contribution in [2.45, 2.75) is 12.3 Å². The highest BCUT2D eigenvalue weighted by molar-refractivity contribution is 6.15. The summed E-state index contributed by atoms with van der Waals surface area (Å²) in [7, 11) is 0. The molecule has 0 fully saturated rings. The Kier molecular flexibility index (Phi) is 4.67. The van der Waals surface area contributed by atoms with Gasteiger partial charge < -0.3 is 28.4 Å². The van der Waals surface area contributed by atoms with Gasteiger partial charge in [0.15, 0.2) is 28.8 Å². The fourth-order valence-electron chi connectivity index (χ4n) is 4.97. The number of benzene rings is 3. The summed E-state index contributed by atoms with van der Waals surface area (Å²) >= 11 is 0. The molecule has 0 bridgehead atoms. The van der Waals surface area contributed by atoms with Crippen molar-refractivity contribution in [3.05, 3.63) is 76.5 Å². The van der Waals surface area contributed by atoms with E-state index in [1.54, 1.807) is 18.2 Å². The van der Waals surface area contributed by atoms with Gasteiger partial charge in [0.2, 0.25) is 5.78 Å². The van der Waals surface area contributed by atoms with Crippen molar-refractivity contribution in [1.29, 1.82) is 0 Å². The van der Waals surface area contributed by atoms with E-state index in [-0.39, 0.29) is 29.9 Å². The second-order valence-electron chi connectivity index (χ2n) is 8.83. The molecule has 0 N–H and O–H groups in total. The highest BCUT2D eigenvalue weighted by Crippen LogP contribution is 2.50. The first kappa shape index (κ1) is 20.9. The van der Waals surface area contributed by atoms with Crippen molar-refractivity contribution in [3.63, 3.8) is 0 Å². The van der Waals surface area contributed by atoms with Crippen LogP contribution in [0.5, 0.6) is 34.5 Å². The molecule has 0 spiro atoms. The van der Waals surface area contributed by atoms with Crippen molar-refractivity contribution in [2.75, 3.05) is 26.4 Å². The number of hydrogen-bond acceptors (Lipinski definition) is 8. The molecule has 4 aliphatic rings. The molecule has 0 saturated carbocycles. The van der Waals surface area contributed by atoms with E-state index in [1.165, 1.54) is 0 Å². The van der Waals surface area contributed by atoms with Gasteiger partial charge in [-0.25, -0.2) is 0 Å². The Morgan fingerprint density at radius 3 is 2.14 bits per heavy atom. The van der Waals surface area contributed by atoms with Crippen LogP contribution in [0.15, 0.2) is 54.3 Å². The van der Waals surface area contributed by atoms with Gasteiger partial charge in [0.25, 0.3) is 0 Å². The van der Waals surface area contributed by atoms with Crippen LogP contribution in [-0.4, -0.2) is 38.2 Å². The number of rotatable bonds is 2. The molecule has 7 rings (SSSR count). The van der Waals surface area contributed by atoms with E-state index < -0.39 is 0 Å². The Balaban J connectivity index is 1.28.